The number of unbranched alkanes of at least 4 members (excludes halogenated alkanes) is 1. The third-order valence-electron chi connectivity index (χ3n) is 17.6. The first-order valence-corrected chi connectivity index (χ1v) is 35.2. The molecule has 0 unspecified atom stereocenters. The van der Waals surface area contributed by atoms with Crippen LogP contribution in [0.3, 0.4) is 0 Å². The highest BCUT2D eigenvalue weighted by molar-refractivity contribution is 5.80. The fourth-order valence-electron chi connectivity index (χ4n) is 12.1. The van der Waals surface area contributed by atoms with Crippen LogP contribution in [-0.4, -0.2) is 193 Å². The number of carbonyl (C=O) groups is 3. The third kappa shape index (κ3) is 19.7. The minimum atomic E-state index is -0.887. The van der Waals surface area contributed by atoms with E-state index in [9.17, 15) is 59.4 Å². The van der Waals surface area contributed by atoms with E-state index in [0.717, 1.165) is 25.7 Å². The van der Waals surface area contributed by atoms with Crippen LogP contribution in [0.2, 0.25) is 0 Å². The zero-order chi connectivity index (χ0) is 75.0. The summed E-state index contributed by atoms with van der Waals surface area (Å²) in [5, 5.41) is 75.0. The van der Waals surface area contributed by atoms with Gasteiger partial charge in [-0.3, -0.25) is 13.7 Å². The lowest BCUT2D eigenvalue weighted by molar-refractivity contribution is -0.0459. The van der Waals surface area contributed by atoms with Crippen molar-refractivity contribution in [3.63, 3.8) is 0 Å². The molecule has 574 valence electrons. The fourth-order valence-corrected chi connectivity index (χ4v) is 12.1. The van der Waals surface area contributed by atoms with Crippen molar-refractivity contribution in [3.05, 3.63) is 105 Å². The number of nitrogens with zero attached hydrogens (tertiary/aromatic N) is 6. The molecule has 13 rings (SSSR count). The van der Waals surface area contributed by atoms with Gasteiger partial charge in [0.15, 0.2) is 52.0 Å². The number of aliphatic hydroxyl groups excluding tert-OH is 6. The molecule has 9 heterocycles. The molecule has 4 fully saturated rings. The molecule has 0 bridgehead atoms. The van der Waals surface area contributed by atoms with Crippen molar-refractivity contribution in [2.75, 3.05) is 95.0 Å². The predicted molar refractivity (Wildman–Crippen MR) is 375 cm³/mol. The standard InChI is InChI=1S/C25H32N4O8.C23H30N4O8.C22H28N4O8/c30-13-20-16(31)11-21(37-20)29-12-19-23(28-24(29)32)27-22-17(7-4-8-18(22)36-19)34-10-9-26-25(33)35-14-15-5-2-1-3-6-15;1-23(2,3)12-33-22(31)24-7-8-32-14-5-4-6-15-19(14)25-20-16(34-15)10-27(21(30)26-20)18-9-13(29)17(11-28)35-18;1-2-3-8-32-22(30)23-7-9-31-14-5-4-6-15-19(14)24-20-16(33-15)11-26(21(29)25-20)18-10-13(28)17(12-27)34-18/h4,7-8,12,15-16,20-21,30-31H,1-3,5-6,9-11,13-14H2,(H,26,33)(H,27,28,32);4-6,10,13,17-18,28-29H,7-9,11-12H2,1-3H3,(H,24,31)(H,25,26,30);4-6,11,13,17-18,27-28H,2-3,7-10,12H2,1H3,(H,23,30)(H,24,25,29)/t16-,20-,21-;2*13-,17-,18-/m111/s1. The van der Waals surface area contributed by atoms with Crippen molar-refractivity contribution in [1.82, 2.24) is 44.6 Å². The van der Waals surface area contributed by atoms with E-state index in [0.29, 0.717) is 94.5 Å². The summed E-state index contributed by atoms with van der Waals surface area (Å²) < 4.78 is 71.1. The molecule has 3 aromatic heterocycles. The van der Waals surface area contributed by atoms with Crippen molar-refractivity contribution in [2.45, 2.75) is 147 Å². The second-order valence-electron chi connectivity index (χ2n) is 26.9. The number of aromatic nitrogens is 6. The Morgan fingerprint density at radius 1 is 0.509 bits per heavy atom. The Balaban J connectivity index is 0.000000159. The summed E-state index contributed by atoms with van der Waals surface area (Å²) in [5.74, 6) is 4.75. The van der Waals surface area contributed by atoms with Crippen molar-refractivity contribution in [2.24, 2.45) is 11.3 Å². The van der Waals surface area contributed by atoms with Gasteiger partial charge in [-0.25, -0.2) is 28.8 Å². The second kappa shape index (κ2) is 35.8. The van der Waals surface area contributed by atoms with Gasteiger partial charge in [-0.2, -0.15) is 15.0 Å². The van der Waals surface area contributed by atoms with Gasteiger partial charge in [-0.05, 0) is 67.0 Å². The lowest BCUT2D eigenvalue weighted by Gasteiger charge is -2.24. The lowest BCUT2D eigenvalue weighted by atomic mass is 9.90. The summed E-state index contributed by atoms with van der Waals surface area (Å²) in [5.41, 5.74) is -0.417. The predicted octanol–water partition coefficient (Wildman–Crippen LogP) is 5.94. The summed E-state index contributed by atoms with van der Waals surface area (Å²) >= 11 is 0. The molecule has 1 aliphatic carbocycles. The molecule has 36 heteroatoms. The maximum atomic E-state index is 12.7. The van der Waals surface area contributed by atoms with E-state index in [1.54, 1.807) is 54.6 Å². The molecule has 3 amide bonds. The number of ether oxygens (including phenoxy) is 12. The molecule has 7 aliphatic rings. The highest BCUT2D eigenvalue weighted by atomic mass is 16.6. The number of rotatable bonds is 24. The largest absolute Gasteiger partial charge is 0.489 e. The molecule has 9 atom stereocenters. The fraction of sp³-hybridized carbons (Fsp3) is 0.529. The van der Waals surface area contributed by atoms with Gasteiger partial charge < -0.3 is 119 Å². The normalized spacial score (nSPS) is 21.4. The topological polar surface area (TPSA) is 460 Å². The molecule has 1 saturated carbocycles. The Bertz CT molecular complexity index is 4210. The zero-order valence-corrected chi connectivity index (χ0v) is 59.0. The third-order valence-corrected chi connectivity index (χ3v) is 17.6. The van der Waals surface area contributed by atoms with Gasteiger partial charge in [-0.15, -0.1) is 0 Å². The van der Waals surface area contributed by atoms with E-state index in [1.165, 1.54) is 51.6 Å². The van der Waals surface area contributed by atoms with Crippen molar-refractivity contribution in [3.8, 4) is 51.7 Å². The van der Waals surface area contributed by atoms with Gasteiger partial charge in [0.2, 0.25) is 0 Å². The number of aliphatic hydroxyl groups is 6. The Morgan fingerprint density at radius 3 is 1.21 bits per heavy atom. The first-order valence-electron chi connectivity index (χ1n) is 35.2. The molecule has 6 aliphatic heterocycles. The van der Waals surface area contributed by atoms with Crippen LogP contribution in [0.5, 0.6) is 51.7 Å². The minimum absolute atomic E-state index is 0.122. The second-order valence-corrected chi connectivity index (χ2v) is 26.9. The Hall–Kier alpha value is -10.0. The van der Waals surface area contributed by atoms with Gasteiger partial charge in [-0.1, -0.05) is 71.6 Å². The summed E-state index contributed by atoms with van der Waals surface area (Å²) in [6.45, 7) is 9.30. The van der Waals surface area contributed by atoms with Crippen molar-refractivity contribution < 1.29 is 102 Å². The molecular weight excluding hydrogens is 1390 g/mol. The molecular formula is C70H90N12O24. The van der Waals surface area contributed by atoms with Crippen LogP contribution in [0.15, 0.2) is 87.6 Å². The molecule has 36 nitrogen and oxygen atoms in total. The van der Waals surface area contributed by atoms with E-state index >= 15 is 0 Å². The maximum Gasteiger partial charge on any atom is 0.407 e. The van der Waals surface area contributed by atoms with Crippen LogP contribution in [-0.2, 0) is 28.4 Å². The number of carbonyl (C=O) groups excluding carboxylic acids is 3. The van der Waals surface area contributed by atoms with Crippen molar-refractivity contribution >= 4 is 52.8 Å². The van der Waals surface area contributed by atoms with Crippen LogP contribution in [0.25, 0.3) is 0 Å². The van der Waals surface area contributed by atoms with Gasteiger partial charge in [0.25, 0.3) is 0 Å². The molecule has 6 aromatic rings. The van der Waals surface area contributed by atoms with Crippen LogP contribution in [0.1, 0.15) is 111 Å². The number of hydrogen-bond acceptors (Lipinski definition) is 30. The Labute approximate surface area is 607 Å². The maximum absolute atomic E-state index is 12.7. The molecule has 3 aromatic carbocycles. The van der Waals surface area contributed by atoms with Crippen LogP contribution in [0.4, 0.5) is 48.9 Å². The quantitative estimate of drug-likeness (QED) is 0.0246. The molecule has 106 heavy (non-hydrogen) atoms. The summed E-state index contributed by atoms with van der Waals surface area (Å²) in [7, 11) is 0. The van der Waals surface area contributed by atoms with Crippen LogP contribution in [0, 0.1) is 11.3 Å². The average molecular weight is 1480 g/mol. The Morgan fingerprint density at radius 2 is 0.868 bits per heavy atom. The number of alkyl carbamates (subject to hydrolysis) is 3. The molecule has 12 N–H and O–H groups in total. The van der Waals surface area contributed by atoms with Crippen LogP contribution >= 0.6 is 0 Å². The van der Waals surface area contributed by atoms with Gasteiger partial charge in [0.05, 0.1) is 96.2 Å². The number of amides is 3. The SMILES string of the molecule is CC(C)(C)COC(=O)NCCOc1cccc2c1Nc1nc(=O)n([C@H]3C[C@@H](O)[C@@H](CO)O3)cc1O2.CCCCOC(=O)NCCOc1cccc2c1Nc1nc(=O)n([C@H]3C[C@@H](O)[C@@H](CO)O3)cc1O2.O=C(NCCOc1cccc2c1Nc1nc(=O)n([C@H]3C[C@@H](O)[C@@H](CO)O3)cc1O2)OCC1CCCCC1. The first-order chi connectivity index (χ1) is 51.1. The summed E-state index contributed by atoms with van der Waals surface area (Å²) in [6.07, 6.45) is 3.73. The Kier molecular flexibility index (Phi) is 26.0. The monoisotopic (exact) mass is 1480 g/mol. The first kappa shape index (κ1) is 77.1. The highest BCUT2D eigenvalue weighted by Crippen LogP contribution is 2.49. The van der Waals surface area contributed by atoms with Crippen molar-refractivity contribution in [1.29, 1.82) is 0 Å². The molecule has 3 saturated heterocycles. The van der Waals surface area contributed by atoms with E-state index in [4.69, 9.17) is 56.8 Å². The number of anilines is 6. The van der Waals surface area contributed by atoms with Crippen LogP contribution < -0.4 is 77.4 Å². The van der Waals surface area contributed by atoms with E-state index in [2.05, 4.69) is 46.9 Å². The van der Waals surface area contributed by atoms with E-state index < -0.39 is 90.7 Å². The number of para-hydroxylation sites is 3. The zero-order valence-electron chi connectivity index (χ0n) is 59.0. The summed E-state index contributed by atoms with van der Waals surface area (Å²) in [4.78, 5) is 85.4. The number of benzene rings is 3. The van der Waals surface area contributed by atoms with Gasteiger partial charge in [0.1, 0.15) is 91.1 Å². The summed E-state index contributed by atoms with van der Waals surface area (Å²) in [6, 6.07) is 15.7. The van der Waals surface area contributed by atoms with Gasteiger partial charge in [0, 0.05) is 19.3 Å². The van der Waals surface area contributed by atoms with E-state index in [-0.39, 0.29) is 101 Å². The average Bonchev–Trinajstić information content (AvgIpc) is 1.16. The number of fused-ring (bicyclic) bond motifs is 6. The van der Waals surface area contributed by atoms with E-state index in [1.807, 2.05) is 27.7 Å². The number of hydrogen-bond donors (Lipinski definition) is 12. The molecule has 0 radical (unpaired) electrons. The molecule has 0 spiro atoms. The van der Waals surface area contributed by atoms with Gasteiger partial charge >= 0.3 is 35.3 Å². The lowest BCUT2D eigenvalue weighted by Crippen LogP contribution is -2.31. The highest BCUT2D eigenvalue weighted by Gasteiger charge is 2.39. The smallest absolute Gasteiger partial charge is 0.407 e. The number of nitrogens with one attached hydrogen (secondary N) is 6. The minimum Gasteiger partial charge on any atom is -0.489 e.